The number of aliphatic hydroxyl groups excluding tert-OH is 1. The molecule has 1 heterocycles. The van der Waals surface area contributed by atoms with Crippen molar-refractivity contribution in [1.29, 1.82) is 0 Å². The third-order valence-corrected chi connectivity index (χ3v) is 4.01. The average molecular weight is 353 g/mol. The molecule has 1 aromatic rings. The topological polar surface area (TPSA) is 86.3 Å². The number of rotatable bonds is 8. The molecule has 0 spiro atoms. The van der Waals surface area contributed by atoms with E-state index in [1.807, 2.05) is 12.1 Å². The minimum atomic E-state index is -1.10. The number of carbonyl (C=O) groups is 1. The number of nitrogens with one attached hydrogen (secondary N) is 1. The molecule has 1 fully saturated rings. The van der Waals surface area contributed by atoms with E-state index in [1.165, 1.54) is 0 Å². The number of aliphatic hydroxyl groups is 1. The van der Waals surface area contributed by atoms with Crippen LogP contribution >= 0.6 is 0 Å². The molecule has 1 aliphatic rings. The zero-order chi connectivity index (χ0) is 18.3. The lowest BCUT2D eigenvalue weighted by atomic mass is 10.0. The Kier molecular flexibility index (Phi) is 7.04. The summed E-state index contributed by atoms with van der Waals surface area (Å²) in [6, 6.07) is 6.90. The Morgan fingerprint density at radius 1 is 1.36 bits per heavy atom. The lowest BCUT2D eigenvalue weighted by molar-refractivity contribution is -0.139. The normalized spacial score (nSPS) is 20.8. The molecular formula is C18H27NO6. The van der Waals surface area contributed by atoms with Crippen LogP contribution < -0.4 is 14.8 Å². The van der Waals surface area contributed by atoms with Gasteiger partial charge in [-0.2, -0.15) is 0 Å². The Morgan fingerprint density at radius 3 is 2.76 bits per heavy atom. The second kappa shape index (κ2) is 9.03. The molecule has 1 aliphatic heterocycles. The number of ether oxygens (including phenoxy) is 4. The summed E-state index contributed by atoms with van der Waals surface area (Å²) >= 11 is 0. The highest BCUT2D eigenvalue weighted by Gasteiger charge is 2.35. The van der Waals surface area contributed by atoms with E-state index in [4.69, 9.17) is 24.1 Å². The lowest BCUT2D eigenvalue weighted by Crippen LogP contribution is -2.56. The molecule has 7 heteroatoms. The Morgan fingerprint density at radius 2 is 2.08 bits per heavy atom. The second-order valence-electron chi connectivity index (χ2n) is 6.34. The highest BCUT2D eigenvalue weighted by Crippen LogP contribution is 2.29. The SMILES string of the molecule is COc1ccccc1OC(C)(C)C(=O)N[C@@H]1COCC[C@@H]1OCCO. The Hall–Kier alpha value is -1.83. The summed E-state index contributed by atoms with van der Waals surface area (Å²) in [5, 5.41) is 11.9. The van der Waals surface area contributed by atoms with Crippen LogP contribution in [0.3, 0.4) is 0 Å². The highest BCUT2D eigenvalue weighted by molar-refractivity contribution is 5.85. The standard InChI is InChI=1S/C18H27NO6/c1-18(2,25-16-7-5-4-6-15(16)22-3)17(21)19-13-12-23-10-8-14(13)24-11-9-20/h4-7,13-14,20H,8-12H2,1-3H3,(H,19,21)/t13-,14+/m1/s1. The fraction of sp³-hybridized carbons (Fsp3) is 0.611. The number of para-hydroxylation sites is 2. The molecule has 2 atom stereocenters. The minimum absolute atomic E-state index is 0.0551. The van der Waals surface area contributed by atoms with Gasteiger partial charge in [-0.1, -0.05) is 12.1 Å². The zero-order valence-corrected chi connectivity index (χ0v) is 15.0. The van der Waals surface area contributed by atoms with Crippen LogP contribution in [-0.4, -0.2) is 62.3 Å². The van der Waals surface area contributed by atoms with E-state index < -0.39 is 5.60 Å². The van der Waals surface area contributed by atoms with Gasteiger partial charge in [-0.3, -0.25) is 4.79 Å². The Labute approximate surface area is 148 Å². The van der Waals surface area contributed by atoms with Gasteiger partial charge < -0.3 is 29.4 Å². The maximum Gasteiger partial charge on any atom is 0.263 e. The molecule has 0 aromatic heterocycles. The quantitative estimate of drug-likeness (QED) is 0.729. The van der Waals surface area contributed by atoms with Gasteiger partial charge in [0.15, 0.2) is 17.1 Å². The summed E-state index contributed by atoms with van der Waals surface area (Å²) in [7, 11) is 1.55. The maximum absolute atomic E-state index is 12.7. The number of benzene rings is 1. The number of hydrogen-bond acceptors (Lipinski definition) is 6. The third kappa shape index (κ3) is 5.32. The fourth-order valence-corrected chi connectivity index (χ4v) is 2.62. The van der Waals surface area contributed by atoms with Gasteiger partial charge in [-0.15, -0.1) is 0 Å². The van der Waals surface area contributed by atoms with Gasteiger partial charge in [-0.05, 0) is 32.4 Å². The molecule has 0 radical (unpaired) electrons. The number of amides is 1. The van der Waals surface area contributed by atoms with Crippen molar-refractivity contribution in [1.82, 2.24) is 5.32 Å². The molecule has 0 aliphatic carbocycles. The molecule has 2 rings (SSSR count). The van der Waals surface area contributed by atoms with Crippen LogP contribution in [0.25, 0.3) is 0 Å². The maximum atomic E-state index is 12.7. The van der Waals surface area contributed by atoms with Crippen molar-refractivity contribution >= 4 is 5.91 Å². The van der Waals surface area contributed by atoms with E-state index in [0.29, 0.717) is 31.1 Å². The summed E-state index contributed by atoms with van der Waals surface area (Å²) in [6.45, 7) is 4.51. The van der Waals surface area contributed by atoms with Crippen LogP contribution in [0.15, 0.2) is 24.3 Å². The predicted octanol–water partition coefficient (Wildman–Crippen LogP) is 1.14. The Bertz CT molecular complexity index is 562. The molecule has 140 valence electrons. The monoisotopic (exact) mass is 353 g/mol. The molecule has 0 saturated carbocycles. The van der Waals surface area contributed by atoms with Gasteiger partial charge in [0.1, 0.15) is 0 Å². The van der Waals surface area contributed by atoms with Crippen molar-refractivity contribution in [3.05, 3.63) is 24.3 Å². The molecule has 7 nitrogen and oxygen atoms in total. The summed E-state index contributed by atoms with van der Waals surface area (Å²) < 4.78 is 22.2. The van der Waals surface area contributed by atoms with Crippen LogP contribution in [0.4, 0.5) is 0 Å². The van der Waals surface area contributed by atoms with Crippen molar-refractivity contribution in [2.45, 2.75) is 38.0 Å². The van der Waals surface area contributed by atoms with Crippen molar-refractivity contribution in [2.24, 2.45) is 0 Å². The van der Waals surface area contributed by atoms with Crippen LogP contribution in [-0.2, 0) is 14.3 Å². The first-order valence-corrected chi connectivity index (χ1v) is 8.41. The lowest BCUT2D eigenvalue weighted by Gasteiger charge is -2.34. The summed E-state index contributed by atoms with van der Waals surface area (Å²) in [5.74, 6) is 0.790. The van der Waals surface area contributed by atoms with Gasteiger partial charge in [0.25, 0.3) is 5.91 Å². The van der Waals surface area contributed by atoms with Crippen molar-refractivity contribution in [2.75, 3.05) is 33.5 Å². The van der Waals surface area contributed by atoms with E-state index in [1.54, 1.807) is 33.1 Å². The van der Waals surface area contributed by atoms with Gasteiger partial charge in [0.2, 0.25) is 0 Å². The Balaban J connectivity index is 2.01. The van der Waals surface area contributed by atoms with Gasteiger partial charge >= 0.3 is 0 Å². The first kappa shape index (κ1) is 19.5. The summed E-state index contributed by atoms with van der Waals surface area (Å²) in [6.07, 6.45) is 0.477. The zero-order valence-electron chi connectivity index (χ0n) is 15.0. The van der Waals surface area contributed by atoms with Gasteiger partial charge in [-0.25, -0.2) is 0 Å². The van der Waals surface area contributed by atoms with Gasteiger partial charge in [0.05, 0.1) is 39.1 Å². The molecule has 1 aromatic carbocycles. The van der Waals surface area contributed by atoms with E-state index in [0.717, 1.165) is 0 Å². The van der Waals surface area contributed by atoms with Crippen molar-refractivity contribution in [3.63, 3.8) is 0 Å². The van der Waals surface area contributed by atoms with Crippen molar-refractivity contribution < 1.29 is 28.8 Å². The molecular weight excluding hydrogens is 326 g/mol. The average Bonchev–Trinajstić information content (AvgIpc) is 2.61. The fourth-order valence-electron chi connectivity index (χ4n) is 2.62. The van der Waals surface area contributed by atoms with E-state index in [-0.39, 0.29) is 31.3 Å². The summed E-state index contributed by atoms with van der Waals surface area (Å²) in [5.41, 5.74) is -1.10. The predicted molar refractivity (Wildman–Crippen MR) is 91.9 cm³/mol. The smallest absolute Gasteiger partial charge is 0.263 e. The van der Waals surface area contributed by atoms with E-state index in [2.05, 4.69) is 5.32 Å². The third-order valence-electron chi connectivity index (χ3n) is 4.01. The van der Waals surface area contributed by atoms with Crippen molar-refractivity contribution in [3.8, 4) is 11.5 Å². The van der Waals surface area contributed by atoms with Crippen LogP contribution in [0.1, 0.15) is 20.3 Å². The number of methoxy groups -OCH3 is 1. The number of hydrogen-bond donors (Lipinski definition) is 2. The minimum Gasteiger partial charge on any atom is -0.493 e. The molecule has 1 saturated heterocycles. The summed E-state index contributed by atoms with van der Waals surface area (Å²) in [4.78, 5) is 12.7. The molecule has 0 bridgehead atoms. The van der Waals surface area contributed by atoms with Crippen LogP contribution in [0.5, 0.6) is 11.5 Å². The van der Waals surface area contributed by atoms with Crippen LogP contribution in [0.2, 0.25) is 0 Å². The van der Waals surface area contributed by atoms with Crippen LogP contribution in [0, 0.1) is 0 Å². The van der Waals surface area contributed by atoms with Gasteiger partial charge in [0, 0.05) is 6.61 Å². The highest BCUT2D eigenvalue weighted by atomic mass is 16.5. The first-order valence-electron chi connectivity index (χ1n) is 8.41. The van der Waals surface area contributed by atoms with E-state index in [9.17, 15) is 4.79 Å². The van der Waals surface area contributed by atoms with E-state index >= 15 is 0 Å². The molecule has 0 unspecified atom stereocenters. The molecule has 1 amide bonds. The molecule has 25 heavy (non-hydrogen) atoms. The largest absolute Gasteiger partial charge is 0.493 e. The number of carbonyl (C=O) groups excluding carboxylic acids is 1. The first-order chi connectivity index (χ1) is 12.0. The molecule has 2 N–H and O–H groups in total. The second-order valence-corrected chi connectivity index (χ2v) is 6.34.